The summed E-state index contributed by atoms with van der Waals surface area (Å²) in [4.78, 5) is 11.9. The molecule has 1 unspecified atom stereocenters. The highest BCUT2D eigenvalue weighted by Crippen LogP contribution is 2.27. The van der Waals surface area contributed by atoms with Gasteiger partial charge >= 0.3 is 5.97 Å². The molecule has 0 aliphatic carbocycles. The number of carbonyl (C=O) groups is 1. The lowest BCUT2D eigenvalue weighted by molar-refractivity contribution is -0.140. The van der Waals surface area contributed by atoms with Crippen LogP contribution in [0.25, 0.3) is 0 Å². The molecule has 0 fully saturated rings. The average Bonchev–Trinajstić information content (AvgIpc) is 3.06. The van der Waals surface area contributed by atoms with Gasteiger partial charge in [-0.1, -0.05) is 43.7 Å². The summed E-state index contributed by atoms with van der Waals surface area (Å²) in [5, 5.41) is 8.00. The number of unbranched alkanes of at least 4 members (excludes halogenated alkanes) is 1. The van der Waals surface area contributed by atoms with Crippen molar-refractivity contribution in [2.24, 2.45) is 0 Å². The molecule has 0 saturated carbocycles. The number of thioether (sulfide) groups is 1. The third-order valence-corrected chi connectivity index (χ3v) is 4.75. The molecule has 2 rings (SSSR count). The van der Waals surface area contributed by atoms with Crippen molar-refractivity contribution in [2.45, 2.75) is 57.1 Å². The molecule has 0 N–H and O–H groups in total. The molecule has 2 aromatic rings. The van der Waals surface area contributed by atoms with Gasteiger partial charge in [0.1, 0.15) is 11.0 Å². The van der Waals surface area contributed by atoms with E-state index in [0.717, 1.165) is 29.7 Å². The maximum atomic E-state index is 11.9. The van der Waals surface area contributed by atoms with Crippen LogP contribution in [0.3, 0.4) is 0 Å². The van der Waals surface area contributed by atoms with Crippen molar-refractivity contribution in [2.75, 3.05) is 7.11 Å². The number of aromatic nitrogens is 2. The number of benzene rings is 1. The molecule has 0 aliphatic rings. The number of nitrogens with zero attached hydrogens (tertiary/aromatic N) is 2. The van der Waals surface area contributed by atoms with Gasteiger partial charge in [-0.2, -0.15) is 0 Å². The summed E-state index contributed by atoms with van der Waals surface area (Å²) in [6.07, 6.45) is 2.65. The van der Waals surface area contributed by atoms with Crippen LogP contribution in [-0.2, 0) is 16.1 Å². The molecule has 6 nitrogen and oxygen atoms in total. The second kappa shape index (κ2) is 9.46. The molecular weight excluding hydrogens is 340 g/mol. The van der Waals surface area contributed by atoms with Crippen molar-refractivity contribution >= 4 is 17.7 Å². The van der Waals surface area contributed by atoms with E-state index in [2.05, 4.69) is 17.1 Å². The first kappa shape index (κ1) is 19.3. The lowest BCUT2D eigenvalue weighted by atomic mass is 10.1. The summed E-state index contributed by atoms with van der Waals surface area (Å²) in [5.74, 6) is 0.898. The summed E-state index contributed by atoms with van der Waals surface area (Å²) in [5.41, 5.74) is 2.17. The van der Waals surface area contributed by atoms with Crippen LogP contribution in [0.1, 0.15) is 43.2 Å². The van der Waals surface area contributed by atoms with Crippen molar-refractivity contribution in [1.82, 2.24) is 10.2 Å². The number of carbonyl (C=O) groups excluding carboxylic acids is 1. The van der Waals surface area contributed by atoms with Crippen LogP contribution >= 0.6 is 11.8 Å². The monoisotopic (exact) mass is 364 g/mol. The molecule has 7 heteroatoms. The van der Waals surface area contributed by atoms with E-state index in [0.29, 0.717) is 17.5 Å². The summed E-state index contributed by atoms with van der Waals surface area (Å²) < 4.78 is 16.2. The van der Waals surface area contributed by atoms with Gasteiger partial charge in [0.25, 0.3) is 11.1 Å². The van der Waals surface area contributed by atoms with Crippen LogP contribution < -0.4 is 4.74 Å². The Kier molecular flexibility index (Phi) is 7.31. The number of hydrogen-bond donors (Lipinski definition) is 0. The van der Waals surface area contributed by atoms with Crippen LogP contribution in [0.15, 0.2) is 27.8 Å². The molecule has 0 bridgehead atoms. The van der Waals surface area contributed by atoms with Gasteiger partial charge in [-0.3, -0.25) is 4.79 Å². The van der Waals surface area contributed by atoms with Crippen LogP contribution in [0.2, 0.25) is 0 Å². The maximum absolute atomic E-state index is 11.9. The summed E-state index contributed by atoms with van der Waals surface area (Å²) in [6.45, 7) is 6.26. The highest BCUT2D eigenvalue weighted by molar-refractivity contribution is 8.00. The van der Waals surface area contributed by atoms with Gasteiger partial charge in [0.2, 0.25) is 0 Å². The van der Waals surface area contributed by atoms with Gasteiger partial charge < -0.3 is 13.9 Å². The Labute approximate surface area is 152 Å². The Morgan fingerprint density at radius 2 is 2.12 bits per heavy atom. The van der Waals surface area contributed by atoms with Gasteiger partial charge in [-0.15, -0.1) is 10.2 Å². The molecule has 25 heavy (non-hydrogen) atoms. The molecule has 0 amide bonds. The Hall–Kier alpha value is -2.02. The SMILES string of the molecule is CCCCC(Sc1nnc(COc2cc(C)ccc2C)o1)C(=O)OC. The molecule has 136 valence electrons. The number of hydrogen-bond acceptors (Lipinski definition) is 7. The highest BCUT2D eigenvalue weighted by Gasteiger charge is 2.23. The van der Waals surface area contributed by atoms with E-state index < -0.39 is 0 Å². The Balaban J connectivity index is 1.96. The van der Waals surface area contributed by atoms with E-state index in [-0.39, 0.29) is 17.8 Å². The van der Waals surface area contributed by atoms with Gasteiger partial charge in [-0.25, -0.2) is 0 Å². The number of rotatable bonds is 9. The first-order valence-corrected chi connectivity index (χ1v) is 9.18. The van der Waals surface area contributed by atoms with E-state index in [4.69, 9.17) is 13.9 Å². The van der Waals surface area contributed by atoms with E-state index in [1.54, 1.807) is 0 Å². The molecule has 1 atom stereocenters. The Bertz CT molecular complexity index is 702. The minimum atomic E-state index is -0.335. The standard InChI is InChI=1S/C18H24N2O4S/c1-5-6-7-15(17(21)22-4)25-18-20-19-16(24-18)11-23-14-10-12(2)8-9-13(14)3/h8-10,15H,5-7,11H2,1-4H3. The van der Waals surface area contributed by atoms with Gasteiger partial charge in [-0.05, 0) is 37.5 Å². The smallest absolute Gasteiger partial charge is 0.319 e. The van der Waals surface area contributed by atoms with Crippen LogP contribution in [0.5, 0.6) is 5.75 Å². The van der Waals surface area contributed by atoms with Crippen LogP contribution in [0.4, 0.5) is 0 Å². The number of ether oxygens (including phenoxy) is 2. The van der Waals surface area contributed by atoms with Gasteiger partial charge in [0.15, 0.2) is 6.61 Å². The molecule has 0 saturated heterocycles. The van der Waals surface area contributed by atoms with Gasteiger partial charge in [0.05, 0.1) is 7.11 Å². The third kappa shape index (κ3) is 5.77. The molecule has 1 aromatic heterocycles. The topological polar surface area (TPSA) is 74.5 Å². The fourth-order valence-electron chi connectivity index (χ4n) is 2.21. The summed E-state index contributed by atoms with van der Waals surface area (Å²) in [7, 11) is 1.39. The fourth-order valence-corrected chi connectivity index (χ4v) is 3.17. The Morgan fingerprint density at radius 3 is 2.84 bits per heavy atom. The predicted octanol–water partition coefficient (Wildman–Crippen LogP) is 4.09. The second-order valence-corrected chi connectivity index (χ2v) is 6.95. The molecule has 1 aromatic carbocycles. The quantitative estimate of drug-likeness (QED) is 0.490. The molecule has 0 radical (unpaired) electrons. The second-order valence-electron chi connectivity index (χ2n) is 5.79. The zero-order valence-corrected chi connectivity index (χ0v) is 15.9. The average molecular weight is 364 g/mol. The lowest BCUT2D eigenvalue weighted by Gasteiger charge is -2.10. The molecule has 1 heterocycles. The normalized spacial score (nSPS) is 12.0. The van der Waals surface area contributed by atoms with Crippen molar-refractivity contribution in [3.05, 3.63) is 35.2 Å². The van der Waals surface area contributed by atoms with Gasteiger partial charge in [0, 0.05) is 0 Å². The van der Waals surface area contributed by atoms with E-state index in [1.165, 1.54) is 18.9 Å². The van der Waals surface area contributed by atoms with Crippen molar-refractivity contribution in [3.8, 4) is 5.75 Å². The van der Waals surface area contributed by atoms with Crippen LogP contribution in [0, 0.1) is 13.8 Å². The lowest BCUT2D eigenvalue weighted by Crippen LogP contribution is -2.18. The largest absolute Gasteiger partial charge is 0.484 e. The zero-order chi connectivity index (χ0) is 18.2. The van der Waals surface area contributed by atoms with Crippen molar-refractivity contribution in [1.29, 1.82) is 0 Å². The summed E-state index contributed by atoms with van der Waals surface area (Å²) in [6, 6.07) is 6.01. The third-order valence-electron chi connectivity index (χ3n) is 3.67. The molecular formula is C18H24N2O4S. The fraction of sp³-hybridized carbons (Fsp3) is 0.500. The van der Waals surface area contributed by atoms with E-state index in [1.807, 2.05) is 32.0 Å². The van der Waals surface area contributed by atoms with E-state index >= 15 is 0 Å². The summed E-state index contributed by atoms with van der Waals surface area (Å²) >= 11 is 1.24. The molecule has 0 aliphatic heterocycles. The minimum absolute atomic E-state index is 0.190. The van der Waals surface area contributed by atoms with Crippen molar-refractivity contribution in [3.63, 3.8) is 0 Å². The van der Waals surface area contributed by atoms with E-state index in [9.17, 15) is 4.79 Å². The maximum Gasteiger partial charge on any atom is 0.319 e. The van der Waals surface area contributed by atoms with Crippen molar-refractivity contribution < 1.29 is 18.7 Å². The first-order valence-electron chi connectivity index (χ1n) is 8.30. The predicted molar refractivity (Wildman–Crippen MR) is 95.7 cm³/mol. The number of aryl methyl sites for hydroxylation is 2. The molecule has 0 spiro atoms. The highest BCUT2D eigenvalue weighted by atomic mass is 32.2. The minimum Gasteiger partial charge on any atom is -0.484 e. The number of esters is 1. The van der Waals surface area contributed by atoms with Crippen LogP contribution in [-0.4, -0.2) is 28.5 Å². The zero-order valence-electron chi connectivity index (χ0n) is 15.1. The number of methoxy groups -OCH3 is 1. The first-order chi connectivity index (χ1) is 12.0. The Morgan fingerprint density at radius 1 is 1.32 bits per heavy atom.